The Balaban J connectivity index is 2.26. The molecule has 3 heteroatoms. The molecule has 1 aromatic heterocycles. The summed E-state index contributed by atoms with van der Waals surface area (Å²) in [4.78, 5) is 14.0. The minimum Gasteiger partial charge on any atom is -0.357 e. The summed E-state index contributed by atoms with van der Waals surface area (Å²) in [5.41, 5.74) is 4.47. The smallest absolute Gasteiger partial charge is 0.150 e. The lowest BCUT2D eigenvalue weighted by Crippen LogP contribution is -2.22. The highest BCUT2D eigenvalue weighted by atomic mass is 16.1. The summed E-state index contributed by atoms with van der Waals surface area (Å²) in [7, 11) is 0. The number of carbonyl (C=O) groups is 1. The van der Waals surface area contributed by atoms with Gasteiger partial charge in [0.2, 0.25) is 0 Å². The maximum Gasteiger partial charge on any atom is 0.150 e. The van der Waals surface area contributed by atoms with Gasteiger partial charge in [-0.2, -0.15) is 0 Å². The first-order chi connectivity index (χ1) is 7.38. The molecule has 0 spiro atoms. The lowest BCUT2D eigenvalue weighted by atomic mass is 10.0. The largest absolute Gasteiger partial charge is 0.357 e. The zero-order valence-corrected chi connectivity index (χ0v) is 8.34. The summed E-state index contributed by atoms with van der Waals surface area (Å²) in [5, 5.41) is 4.59. The van der Waals surface area contributed by atoms with E-state index in [2.05, 4.69) is 10.3 Å². The molecular formula is C12H12N2O. The van der Waals surface area contributed by atoms with Gasteiger partial charge in [0.15, 0.2) is 0 Å². The molecule has 15 heavy (non-hydrogen) atoms. The van der Waals surface area contributed by atoms with E-state index in [1.807, 2.05) is 18.2 Å². The minimum atomic E-state index is 0.731. The first kappa shape index (κ1) is 8.68. The van der Waals surface area contributed by atoms with Crippen LogP contribution in [0, 0.1) is 0 Å². The number of rotatable bonds is 1. The zero-order valence-electron chi connectivity index (χ0n) is 8.34. The molecule has 3 rings (SSSR count). The normalized spacial score (nSPS) is 15.2. The molecule has 0 saturated carbocycles. The van der Waals surface area contributed by atoms with E-state index in [0.717, 1.165) is 36.9 Å². The van der Waals surface area contributed by atoms with Gasteiger partial charge in [-0.25, -0.2) is 0 Å². The molecule has 2 N–H and O–H groups in total. The second-order valence-corrected chi connectivity index (χ2v) is 3.93. The molecule has 1 aliphatic heterocycles. The van der Waals surface area contributed by atoms with Crippen LogP contribution in [-0.4, -0.2) is 17.8 Å². The maximum atomic E-state index is 10.7. The molecule has 76 valence electrons. The van der Waals surface area contributed by atoms with Crippen molar-refractivity contribution in [3.63, 3.8) is 0 Å². The molecule has 0 fully saturated rings. The number of H-pyrrole nitrogens is 1. The van der Waals surface area contributed by atoms with E-state index in [-0.39, 0.29) is 0 Å². The molecule has 0 aliphatic carbocycles. The van der Waals surface area contributed by atoms with Gasteiger partial charge in [-0.3, -0.25) is 4.79 Å². The van der Waals surface area contributed by atoms with Gasteiger partial charge in [-0.1, -0.05) is 12.1 Å². The Bertz CT molecular complexity index is 528. The van der Waals surface area contributed by atoms with Crippen molar-refractivity contribution in [1.29, 1.82) is 0 Å². The maximum absolute atomic E-state index is 10.7. The molecule has 0 unspecified atom stereocenters. The van der Waals surface area contributed by atoms with Crippen LogP contribution in [0.3, 0.4) is 0 Å². The van der Waals surface area contributed by atoms with Gasteiger partial charge >= 0.3 is 0 Å². The van der Waals surface area contributed by atoms with Crippen LogP contribution in [0.1, 0.15) is 21.6 Å². The Morgan fingerprint density at radius 3 is 3.13 bits per heavy atom. The number of benzene rings is 1. The summed E-state index contributed by atoms with van der Waals surface area (Å²) in [6, 6.07) is 5.84. The second kappa shape index (κ2) is 3.21. The Hall–Kier alpha value is -1.61. The number of nitrogens with one attached hydrogen (secondary N) is 2. The van der Waals surface area contributed by atoms with Gasteiger partial charge in [0, 0.05) is 28.7 Å². The predicted molar refractivity (Wildman–Crippen MR) is 59.1 cm³/mol. The summed E-state index contributed by atoms with van der Waals surface area (Å²) in [6.45, 7) is 1.94. The molecule has 1 aliphatic rings. The molecule has 2 heterocycles. The average molecular weight is 200 g/mol. The van der Waals surface area contributed by atoms with E-state index in [9.17, 15) is 4.79 Å². The van der Waals surface area contributed by atoms with Crippen molar-refractivity contribution >= 4 is 17.2 Å². The van der Waals surface area contributed by atoms with E-state index in [1.54, 1.807) is 0 Å². The van der Waals surface area contributed by atoms with Crippen LogP contribution in [0.15, 0.2) is 18.2 Å². The molecule has 1 aromatic carbocycles. The summed E-state index contributed by atoms with van der Waals surface area (Å²) < 4.78 is 0. The zero-order chi connectivity index (χ0) is 10.3. The van der Waals surface area contributed by atoms with Crippen LogP contribution in [-0.2, 0) is 13.0 Å². The number of fused-ring (bicyclic) bond motifs is 3. The summed E-state index contributed by atoms with van der Waals surface area (Å²) in [6.07, 6.45) is 1.95. The molecule has 3 nitrogen and oxygen atoms in total. The lowest BCUT2D eigenvalue weighted by Gasteiger charge is -2.12. The van der Waals surface area contributed by atoms with Gasteiger partial charge in [0.05, 0.1) is 0 Å². The topological polar surface area (TPSA) is 44.9 Å². The SMILES string of the molecule is O=Cc1ccc2c3c([nH]c2c1)CNCC3. The predicted octanol–water partition coefficient (Wildman–Crippen LogP) is 1.63. The summed E-state index contributed by atoms with van der Waals surface area (Å²) in [5.74, 6) is 0. The highest BCUT2D eigenvalue weighted by Gasteiger charge is 2.14. The van der Waals surface area contributed by atoms with Crippen LogP contribution in [0.25, 0.3) is 10.9 Å². The van der Waals surface area contributed by atoms with Crippen molar-refractivity contribution in [1.82, 2.24) is 10.3 Å². The number of hydrogen-bond acceptors (Lipinski definition) is 2. The van der Waals surface area contributed by atoms with Crippen molar-refractivity contribution in [3.8, 4) is 0 Å². The number of aldehydes is 1. The van der Waals surface area contributed by atoms with E-state index in [4.69, 9.17) is 0 Å². The standard InChI is InChI=1S/C12H12N2O/c15-7-8-1-2-9-10-3-4-13-6-12(10)14-11(9)5-8/h1-2,5,7,13-14H,3-4,6H2. The fourth-order valence-electron chi connectivity index (χ4n) is 2.27. The highest BCUT2D eigenvalue weighted by Crippen LogP contribution is 2.25. The van der Waals surface area contributed by atoms with Crippen molar-refractivity contribution in [3.05, 3.63) is 35.0 Å². The molecule has 0 saturated heterocycles. The minimum absolute atomic E-state index is 0.731. The quantitative estimate of drug-likeness (QED) is 0.687. The third-order valence-corrected chi connectivity index (χ3v) is 3.01. The number of carbonyl (C=O) groups excluding carboxylic acids is 1. The number of hydrogen-bond donors (Lipinski definition) is 2. The van der Waals surface area contributed by atoms with Gasteiger partial charge in [-0.05, 0) is 24.6 Å². The molecule has 0 amide bonds. The van der Waals surface area contributed by atoms with Crippen LogP contribution in [0.2, 0.25) is 0 Å². The van der Waals surface area contributed by atoms with Crippen molar-refractivity contribution in [2.24, 2.45) is 0 Å². The Morgan fingerprint density at radius 2 is 2.27 bits per heavy atom. The fraction of sp³-hybridized carbons (Fsp3) is 0.250. The Labute approximate surface area is 87.5 Å². The molecule has 0 atom stereocenters. The van der Waals surface area contributed by atoms with Gasteiger partial charge < -0.3 is 10.3 Å². The third-order valence-electron chi connectivity index (χ3n) is 3.01. The van der Waals surface area contributed by atoms with Crippen molar-refractivity contribution < 1.29 is 4.79 Å². The Kier molecular flexibility index (Phi) is 1.86. The van der Waals surface area contributed by atoms with E-state index >= 15 is 0 Å². The monoisotopic (exact) mass is 200 g/mol. The van der Waals surface area contributed by atoms with Gasteiger partial charge in [-0.15, -0.1) is 0 Å². The Morgan fingerprint density at radius 1 is 1.33 bits per heavy atom. The van der Waals surface area contributed by atoms with E-state index in [1.165, 1.54) is 16.6 Å². The lowest BCUT2D eigenvalue weighted by molar-refractivity contribution is 0.112. The van der Waals surface area contributed by atoms with E-state index < -0.39 is 0 Å². The van der Waals surface area contributed by atoms with Crippen LogP contribution in [0.4, 0.5) is 0 Å². The second-order valence-electron chi connectivity index (χ2n) is 3.93. The van der Waals surface area contributed by atoms with E-state index in [0.29, 0.717) is 0 Å². The fourth-order valence-corrected chi connectivity index (χ4v) is 2.27. The molecule has 0 radical (unpaired) electrons. The van der Waals surface area contributed by atoms with Crippen LogP contribution in [0.5, 0.6) is 0 Å². The first-order valence-corrected chi connectivity index (χ1v) is 5.18. The van der Waals surface area contributed by atoms with Crippen molar-refractivity contribution in [2.45, 2.75) is 13.0 Å². The van der Waals surface area contributed by atoms with Crippen molar-refractivity contribution in [2.75, 3.05) is 6.54 Å². The van der Waals surface area contributed by atoms with Crippen LogP contribution < -0.4 is 5.32 Å². The van der Waals surface area contributed by atoms with Gasteiger partial charge in [0.1, 0.15) is 6.29 Å². The third kappa shape index (κ3) is 1.27. The number of aromatic amines is 1. The summed E-state index contributed by atoms with van der Waals surface area (Å²) >= 11 is 0. The number of aromatic nitrogens is 1. The molecular weight excluding hydrogens is 188 g/mol. The molecule has 2 aromatic rings. The van der Waals surface area contributed by atoms with Crippen LogP contribution >= 0.6 is 0 Å². The van der Waals surface area contributed by atoms with Gasteiger partial charge in [0.25, 0.3) is 0 Å². The average Bonchev–Trinajstić information content (AvgIpc) is 2.66. The first-order valence-electron chi connectivity index (χ1n) is 5.18. The highest BCUT2D eigenvalue weighted by molar-refractivity contribution is 5.90. The molecule has 0 bridgehead atoms.